The molecule has 0 saturated carbocycles. The summed E-state index contributed by atoms with van der Waals surface area (Å²) in [4.78, 5) is 36.2. The number of hydrogen-bond acceptors (Lipinski definition) is 8. The Hall–Kier alpha value is -4.18. The second-order valence-corrected chi connectivity index (χ2v) is 7.14. The first kappa shape index (κ1) is 24.1. The van der Waals surface area contributed by atoms with Gasteiger partial charge in [-0.25, -0.2) is 0 Å². The molecule has 0 unspecified atom stereocenters. The maximum atomic E-state index is 11.6. The smallest absolute Gasteiger partial charge is 0.268 e. The number of nitriles is 2. The molecule has 2 rings (SSSR count). The standard InChI is InChI=1S/C22H24N6O4/c1-13-15(9-23)19(29)27-21(31)17(13)11-25-7-5-3-4-6-8-26-12-18-14(2)16(10-24)20(30)28-22(18)32/h11-12H,3-8H2,1-2H3,(H2,27,29,31)(H2,28,30,32). The topological polar surface area (TPSA) is 178 Å². The molecule has 32 heavy (non-hydrogen) atoms. The Labute approximate surface area is 184 Å². The first-order chi connectivity index (χ1) is 15.3. The maximum absolute atomic E-state index is 11.6. The predicted octanol–water partition coefficient (Wildman–Crippen LogP) is 1.93. The largest absolute Gasteiger partial charge is 0.494 e. The van der Waals surface area contributed by atoms with E-state index in [1.54, 1.807) is 13.8 Å². The molecule has 10 nitrogen and oxygen atoms in total. The number of nitrogens with one attached hydrogen (secondary N) is 2. The average molecular weight is 436 g/mol. The van der Waals surface area contributed by atoms with E-state index < -0.39 is 11.1 Å². The van der Waals surface area contributed by atoms with Gasteiger partial charge in [-0.1, -0.05) is 12.8 Å². The third-order valence-corrected chi connectivity index (χ3v) is 4.98. The van der Waals surface area contributed by atoms with Crippen LogP contribution < -0.4 is 11.1 Å². The first-order valence-electron chi connectivity index (χ1n) is 10.0. The van der Waals surface area contributed by atoms with Crippen molar-refractivity contribution in [1.82, 2.24) is 9.97 Å². The van der Waals surface area contributed by atoms with Crippen LogP contribution in [0.1, 0.15) is 59.1 Å². The monoisotopic (exact) mass is 436 g/mol. The summed E-state index contributed by atoms with van der Waals surface area (Å²) in [6, 6.07) is 3.64. The van der Waals surface area contributed by atoms with Crippen LogP contribution in [0.4, 0.5) is 0 Å². The number of H-pyrrole nitrogens is 2. The molecular formula is C22H24N6O4. The van der Waals surface area contributed by atoms with Crippen LogP contribution >= 0.6 is 0 Å². The van der Waals surface area contributed by atoms with Crippen molar-refractivity contribution in [2.45, 2.75) is 39.5 Å². The van der Waals surface area contributed by atoms with Crippen LogP contribution in [0.15, 0.2) is 19.6 Å². The SMILES string of the molecule is Cc1c(C=NCCCCCCN=Cc2c(O)[nH]c(=O)c(C#N)c2C)c(O)[nH]c(=O)c1C#N. The fraction of sp³-hybridized carbons (Fsp3) is 0.364. The van der Waals surface area contributed by atoms with Crippen LogP contribution in [-0.2, 0) is 0 Å². The molecule has 0 aliphatic rings. The van der Waals surface area contributed by atoms with Crippen molar-refractivity contribution in [1.29, 1.82) is 10.5 Å². The van der Waals surface area contributed by atoms with E-state index in [2.05, 4.69) is 20.0 Å². The molecule has 0 fully saturated rings. The van der Waals surface area contributed by atoms with E-state index in [-0.39, 0.29) is 22.9 Å². The van der Waals surface area contributed by atoms with Gasteiger partial charge in [-0.3, -0.25) is 29.5 Å². The Morgan fingerprint density at radius 2 is 1.16 bits per heavy atom. The number of unbranched alkanes of at least 4 members (excludes halogenated alkanes) is 3. The predicted molar refractivity (Wildman–Crippen MR) is 120 cm³/mol. The van der Waals surface area contributed by atoms with Crippen molar-refractivity contribution in [2.24, 2.45) is 9.98 Å². The van der Waals surface area contributed by atoms with E-state index in [1.165, 1.54) is 12.4 Å². The Balaban J connectivity index is 1.78. The van der Waals surface area contributed by atoms with E-state index in [4.69, 9.17) is 10.5 Å². The number of aromatic nitrogens is 2. The lowest BCUT2D eigenvalue weighted by Crippen LogP contribution is -2.14. The normalized spacial score (nSPS) is 11.1. The van der Waals surface area contributed by atoms with Gasteiger partial charge in [-0.05, 0) is 37.8 Å². The number of aromatic hydroxyl groups is 2. The van der Waals surface area contributed by atoms with E-state index in [1.807, 2.05) is 12.1 Å². The molecule has 0 aliphatic carbocycles. The second kappa shape index (κ2) is 11.3. The fourth-order valence-corrected chi connectivity index (χ4v) is 3.10. The molecule has 0 saturated heterocycles. The molecule has 0 spiro atoms. The number of nitrogens with zero attached hydrogens (tertiary/aromatic N) is 4. The molecule has 0 aliphatic heterocycles. The van der Waals surface area contributed by atoms with Gasteiger partial charge in [0.15, 0.2) is 0 Å². The van der Waals surface area contributed by atoms with Gasteiger partial charge in [-0.15, -0.1) is 0 Å². The number of pyridine rings is 2. The van der Waals surface area contributed by atoms with Crippen LogP contribution in [0.5, 0.6) is 11.8 Å². The summed E-state index contributed by atoms with van der Waals surface area (Å²) in [6.45, 7) is 4.24. The summed E-state index contributed by atoms with van der Waals surface area (Å²) in [5.74, 6) is -0.613. The summed E-state index contributed by atoms with van der Waals surface area (Å²) in [7, 11) is 0. The van der Waals surface area contributed by atoms with Crippen molar-refractivity contribution in [2.75, 3.05) is 13.1 Å². The molecule has 2 aromatic rings. The van der Waals surface area contributed by atoms with Crippen LogP contribution in [0.25, 0.3) is 0 Å². The van der Waals surface area contributed by atoms with Gasteiger partial charge < -0.3 is 10.2 Å². The number of hydrogen-bond donors (Lipinski definition) is 4. The molecule has 0 amide bonds. The lowest BCUT2D eigenvalue weighted by molar-refractivity contribution is 0.449. The third kappa shape index (κ3) is 5.70. The van der Waals surface area contributed by atoms with E-state index in [0.29, 0.717) is 35.3 Å². The molecule has 10 heteroatoms. The zero-order valence-electron chi connectivity index (χ0n) is 17.9. The van der Waals surface area contributed by atoms with Crippen LogP contribution in [0, 0.1) is 36.5 Å². The second-order valence-electron chi connectivity index (χ2n) is 7.14. The van der Waals surface area contributed by atoms with Gasteiger partial charge in [-0.2, -0.15) is 10.5 Å². The maximum Gasteiger partial charge on any atom is 0.268 e. The van der Waals surface area contributed by atoms with Gasteiger partial charge in [0.2, 0.25) is 11.8 Å². The van der Waals surface area contributed by atoms with Crippen LogP contribution in [0.3, 0.4) is 0 Å². The van der Waals surface area contributed by atoms with E-state index in [9.17, 15) is 19.8 Å². The van der Waals surface area contributed by atoms with Gasteiger partial charge in [0.05, 0.1) is 11.1 Å². The van der Waals surface area contributed by atoms with Gasteiger partial charge in [0.1, 0.15) is 23.3 Å². The Morgan fingerprint density at radius 3 is 1.50 bits per heavy atom. The highest BCUT2D eigenvalue weighted by atomic mass is 16.3. The molecule has 0 atom stereocenters. The Bertz CT molecular complexity index is 1140. The molecule has 0 bridgehead atoms. The lowest BCUT2D eigenvalue weighted by Gasteiger charge is -2.05. The van der Waals surface area contributed by atoms with Gasteiger partial charge in [0, 0.05) is 25.5 Å². The van der Waals surface area contributed by atoms with Crippen LogP contribution in [-0.4, -0.2) is 45.7 Å². The Morgan fingerprint density at radius 1 is 0.781 bits per heavy atom. The fourth-order valence-electron chi connectivity index (χ4n) is 3.10. The summed E-state index contributed by atoms with van der Waals surface area (Å²) in [5.41, 5.74) is 0.101. The number of aliphatic imine (C=N–C) groups is 2. The molecule has 0 aromatic carbocycles. The van der Waals surface area contributed by atoms with Crippen molar-refractivity contribution in [3.05, 3.63) is 54.1 Å². The molecule has 166 valence electrons. The van der Waals surface area contributed by atoms with E-state index in [0.717, 1.165) is 25.7 Å². The lowest BCUT2D eigenvalue weighted by atomic mass is 10.1. The summed E-state index contributed by atoms with van der Waals surface area (Å²) in [5, 5.41) is 37.8. The van der Waals surface area contributed by atoms with Crippen molar-refractivity contribution in [3.8, 4) is 23.9 Å². The van der Waals surface area contributed by atoms with Gasteiger partial charge >= 0.3 is 0 Å². The zero-order chi connectivity index (χ0) is 23.7. The van der Waals surface area contributed by atoms with Crippen molar-refractivity contribution < 1.29 is 10.2 Å². The third-order valence-electron chi connectivity index (χ3n) is 4.98. The Kier molecular flexibility index (Phi) is 8.49. The number of rotatable bonds is 9. The number of aromatic amines is 2. The zero-order valence-corrected chi connectivity index (χ0v) is 17.9. The molecule has 2 heterocycles. The van der Waals surface area contributed by atoms with Crippen LogP contribution in [0.2, 0.25) is 0 Å². The minimum absolute atomic E-state index is 0.0426. The van der Waals surface area contributed by atoms with Crippen molar-refractivity contribution in [3.63, 3.8) is 0 Å². The highest BCUT2D eigenvalue weighted by Crippen LogP contribution is 2.17. The van der Waals surface area contributed by atoms with E-state index >= 15 is 0 Å². The molecule has 0 radical (unpaired) electrons. The average Bonchev–Trinajstić information content (AvgIpc) is 2.73. The first-order valence-corrected chi connectivity index (χ1v) is 10.0. The summed E-state index contributed by atoms with van der Waals surface area (Å²) >= 11 is 0. The summed E-state index contributed by atoms with van der Waals surface area (Å²) < 4.78 is 0. The quantitative estimate of drug-likeness (QED) is 0.344. The molecule has 4 N–H and O–H groups in total. The highest BCUT2D eigenvalue weighted by Gasteiger charge is 2.13. The summed E-state index contributed by atoms with van der Waals surface area (Å²) in [6.07, 6.45) is 6.38. The van der Waals surface area contributed by atoms with Gasteiger partial charge in [0.25, 0.3) is 11.1 Å². The molecular weight excluding hydrogens is 412 g/mol. The molecule has 2 aromatic heterocycles. The van der Waals surface area contributed by atoms with Crippen molar-refractivity contribution >= 4 is 12.4 Å². The minimum Gasteiger partial charge on any atom is -0.494 e. The minimum atomic E-state index is -0.626. The highest BCUT2D eigenvalue weighted by molar-refractivity contribution is 5.86.